The summed E-state index contributed by atoms with van der Waals surface area (Å²) in [5.74, 6) is 3.88. The van der Waals surface area contributed by atoms with Crippen LogP contribution in [0.15, 0.2) is 24.3 Å². The molecule has 1 aromatic carbocycles. The molecule has 0 N–H and O–H groups in total. The Bertz CT molecular complexity index is 413. The van der Waals surface area contributed by atoms with Gasteiger partial charge in [-0.05, 0) is 17.7 Å². The van der Waals surface area contributed by atoms with Crippen molar-refractivity contribution >= 4 is 8.07 Å². The first-order chi connectivity index (χ1) is 7.54. The zero-order valence-electron chi connectivity index (χ0n) is 10.2. The van der Waals surface area contributed by atoms with Crippen LogP contribution in [-0.2, 0) is 4.74 Å². The van der Waals surface area contributed by atoms with Crippen LogP contribution >= 0.6 is 0 Å². The van der Waals surface area contributed by atoms with Gasteiger partial charge in [0.2, 0.25) is 0 Å². The summed E-state index contributed by atoms with van der Waals surface area (Å²) in [4.78, 5) is 0. The van der Waals surface area contributed by atoms with Gasteiger partial charge in [0.25, 0.3) is 0 Å². The van der Waals surface area contributed by atoms with Gasteiger partial charge >= 0.3 is 0 Å². The predicted octanol–water partition coefficient (Wildman–Crippen LogP) is 3.03. The van der Waals surface area contributed by atoms with Crippen molar-refractivity contribution in [3.8, 4) is 11.5 Å². The van der Waals surface area contributed by atoms with E-state index in [0.717, 1.165) is 18.8 Å². The number of hydrogen-bond acceptors (Lipinski definition) is 1. The molecular weight excluding hydrogens is 212 g/mol. The fraction of sp³-hybridized carbons (Fsp3) is 0.429. The van der Waals surface area contributed by atoms with Crippen molar-refractivity contribution in [1.82, 2.24) is 0 Å². The highest BCUT2D eigenvalue weighted by Crippen LogP contribution is 2.23. The molecule has 1 nitrogen and oxygen atoms in total. The molecule has 0 atom stereocenters. The van der Waals surface area contributed by atoms with E-state index in [1.807, 2.05) is 0 Å². The summed E-state index contributed by atoms with van der Waals surface area (Å²) in [6.07, 6.45) is 0. The molecule has 1 aromatic rings. The third-order valence-electron chi connectivity index (χ3n) is 2.60. The SMILES string of the molecule is C[Si](C)(C)C#Cc1ccc(C2COC2)cc1. The molecule has 84 valence electrons. The van der Waals surface area contributed by atoms with Crippen LogP contribution in [0.3, 0.4) is 0 Å². The first-order valence-corrected chi connectivity index (χ1v) is 9.25. The van der Waals surface area contributed by atoms with Gasteiger partial charge < -0.3 is 4.74 Å². The smallest absolute Gasteiger partial charge is 0.129 e. The Morgan fingerprint density at radius 2 is 1.75 bits per heavy atom. The molecule has 0 aromatic heterocycles. The molecule has 1 aliphatic heterocycles. The molecule has 1 fully saturated rings. The average molecular weight is 230 g/mol. The Hall–Kier alpha value is -1.04. The summed E-state index contributed by atoms with van der Waals surface area (Å²) < 4.78 is 5.19. The molecule has 1 saturated heterocycles. The highest BCUT2D eigenvalue weighted by Gasteiger charge is 2.19. The molecule has 1 aliphatic rings. The summed E-state index contributed by atoms with van der Waals surface area (Å²) in [5.41, 5.74) is 5.89. The maximum atomic E-state index is 5.19. The van der Waals surface area contributed by atoms with E-state index in [2.05, 4.69) is 55.4 Å². The second-order valence-corrected chi connectivity index (χ2v) is 10.1. The lowest BCUT2D eigenvalue weighted by Gasteiger charge is -2.26. The van der Waals surface area contributed by atoms with Crippen molar-refractivity contribution in [2.45, 2.75) is 25.6 Å². The van der Waals surface area contributed by atoms with Crippen molar-refractivity contribution in [3.63, 3.8) is 0 Å². The number of hydrogen-bond donors (Lipinski definition) is 0. The van der Waals surface area contributed by atoms with Crippen LogP contribution in [0.4, 0.5) is 0 Å². The van der Waals surface area contributed by atoms with Crippen LogP contribution in [0.5, 0.6) is 0 Å². The van der Waals surface area contributed by atoms with E-state index < -0.39 is 8.07 Å². The molecular formula is C14H18OSi. The van der Waals surface area contributed by atoms with Crippen molar-refractivity contribution in [2.75, 3.05) is 13.2 Å². The molecule has 2 heteroatoms. The lowest BCUT2D eigenvalue weighted by molar-refractivity contribution is 0.00842. The first-order valence-electron chi connectivity index (χ1n) is 5.75. The average Bonchev–Trinajstić information content (AvgIpc) is 2.13. The fourth-order valence-corrected chi connectivity index (χ4v) is 2.05. The van der Waals surface area contributed by atoms with Gasteiger partial charge in [-0.2, -0.15) is 0 Å². The van der Waals surface area contributed by atoms with Gasteiger partial charge in [0.05, 0.1) is 13.2 Å². The molecule has 2 rings (SSSR count). The maximum Gasteiger partial charge on any atom is 0.129 e. The monoisotopic (exact) mass is 230 g/mol. The van der Waals surface area contributed by atoms with E-state index in [1.54, 1.807) is 0 Å². The molecule has 0 aliphatic carbocycles. The standard InChI is InChI=1S/C14H18OSi/c1-16(2,3)9-8-12-4-6-13(7-5-12)14-10-15-11-14/h4-7,14H,10-11H2,1-3H3. The fourth-order valence-electron chi connectivity index (χ4n) is 1.53. The van der Waals surface area contributed by atoms with Gasteiger partial charge in [0.15, 0.2) is 0 Å². The Kier molecular flexibility index (Phi) is 3.18. The molecule has 0 radical (unpaired) electrons. The van der Waals surface area contributed by atoms with Crippen LogP contribution in [0.1, 0.15) is 17.0 Å². The van der Waals surface area contributed by atoms with Crippen molar-refractivity contribution in [3.05, 3.63) is 35.4 Å². The zero-order chi connectivity index (χ0) is 11.6. The van der Waals surface area contributed by atoms with Crippen LogP contribution in [0.25, 0.3) is 0 Å². The number of ether oxygens (including phenoxy) is 1. The van der Waals surface area contributed by atoms with E-state index in [4.69, 9.17) is 4.74 Å². The molecule has 0 saturated carbocycles. The van der Waals surface area contributed by atoms with Gasteiger partial charge in [0, 0.05) is 11.5 Å². The summed E-state index contributed by atoms with van der Waals surface area (Å²) in [5, 5.41) is 0. The largest absolute Gasteiger partial charge is 0.380 e. The van der Waals surface area contributed by atoms with Crippen molar-refractivity contribution < 1.29 is 4.74 Å². The van der Waals surface area contributed by atoms with Crippen LogP contribution in [0.2, 0.25) is 19.6 Å². The molecule has 16 heavy (non-hydrogen) atoms. The summed E-state index contributed by atoms with van der Waals surface area (Å²) in [6.45, 7) is 8.54. The van der Waals surface area contributed by atoms with Crippen LogP contribution in [0, 0.1) is 11.5 Å². The highest BCUT2D eigenvalue weighted by atomic mass is 28.3. The van der Waals surface area contributed by atoms with E-state index in [1.165, 1.54) is 5.56 Å². The molecule has 0 bridgehead atoms. The Balaban J connectivity index is 2.09. The molecule has 0 unspecified atom stereocenters. The van der Waals surface area contributed by atoms with Crippen molar-refractivity contribution in [1.29, 1.82) is 0 Å². The summed E-state index contributed by atoms with van der Waals surface area (Å²) in [6, 6.07) is 8.62. The Labute approximate surface area is 98.8 Å². The number of rotatable bonds is 1. The second-order valence-electron chi connectivity index (χ2n) is 5.36. The van der Waals surface area contributed by atoms with Gasteiger partial charge in [-0.15, -0.1) is 5.54 Å². The maximum absolute atomic E-state index is 5.19. The van der Waals surface area contributed by atoms with Gasteiger partial charge in [0.1, 0.15) is 8.07 Å². The topological polar surface area (TPSA) is 9.23 Å². The normalized spacial score (nSPS) is 16.2. The quantitative estimate of drug-likeness (QED) is 0.532. The number of benzene rings is 1. The van der Waals surface area contributed by atoms with E-state index in [-0.39, 0.29) is 0 Å². The lowest BCUT2D eigenvalue weighted by Crippen LogP contribution is -2.24. The molecule has 1 heterocycles. The van der Waals surface area contributed by atoms with E-state index in [9.17, 15) is 0 Å². The Morgan fingerprint density at radius 1 is 1.12 bits per heavy atom. The second kappa shape index (κ2) is 4.45. The van der Waals surface area contributed by atoms with E-state index in [0.29, 0.717) is 5.92 Å². The van der Waals surface area contributed by atoms with Crippen LogP contribution in [-0.4, -0.2) is 21.3 Å². The minimum atomic E-state index is -1.25. The Morgan fingerprint density at radius 3 is 2.19 bits per heavy atom. The summed E-state index contributed by atoms with van der Waals surface area (Å²) >= 11 is 0. The van der Waals surface area contributed by atoms with Crippen LogP contribution < -0.4 is 0 Å². The van der Waals surface area contributed by atoms with Gasteiger partial charge in [-0.25, -0.2) is 0 Å². The van der Waals surface area contributed by atoms with Crippen molar-refractivity contribution in [2.24, 2.45) is 0 Å². The molecule has 0 amide bonds. The lowest BCUT2D eigenvalue weighted by atomic mass is 9.97. The molecule has 0 spiro atoms. The van der Waals surface area contributed by atoms with E-state index >= 15 is 0 Å². The first kappa shape index (κ1) is 11.4. The minimum absolute atomic E-state index is 0.610. The third kappa shape index (κ3) is 2.97. The zero-order valence-corrected chi connectivity index (χ0v) is 11.2. The summed E-state index contributed by atoms with van der Waals surface area (Å²) in [7, 11) is -1.25. The van der Waals surface area contributed by atoms with Gasteiger partial charge in [-0.3, -0.25) is 0 Å². The third-order valence-corrected chi connectivity index (χ3v) is 3.48. The van der Waals surface area contributed by atoms with Gasteiger partial charge in [-0.1, -0.05) is 37.7 Å². The highest BCUT2D eigenvalue weighted by molar-refractivity contribution is 6.83. The predicted molar refractivity (Wildman–Crippen MR) is 70.2 cm³/mol. The minimum Gasteiger partial charge on any atom is -0.380 e.